The molecule has 0 spiro atoms. The number of sulfone groups is 1. The lowest BCUT2D eigenvalue weighted by Gasteiger charge is -2.05. The van der Waals surface area contributed by atoms with Crippen LogP contribution in [0.1, 0.15) is 23.2 Å². The average Bonchev–Trinajstić information content (AvgIpc) is 3.09. The smallest absolute Gasteiger partial charge is 0.338 e. The van der Waals surface area contributed by atoms with Crippen molar-refractivity contribution >= 4 is 15.8 Å². The molecule has 17 heavy (non-hydrogen) atoms. The molecule has 1 aliphatic rings. The van der Waals surface area contributed by atoms with Crippen LogP contribution in [0.3, 0.4) is 0 Å². The van der Waals surface area contributed by atoms with E-state index in [2.05, 4.69) is 0 Å². The molecule has 0 amide bonds. The molecule has 0 bridgehead atoms. The summed E-state index contributed by atoms with van der Waals surface area (Å²) >= 11 is 0. The summed E-state index contributed by atoms with van der Waals surface area (Å²) < 4.78 is 27.7. The number of carbonyl (C=O) groups excluding carboxylic acids is 1. The lowest BCUT2D eigenvalue weighted by Crippen LogP contribution is -2.08. The minimum atomic E-state index is -3.29. The van der Waals surface area contributed by atoms with Crippen LogP contribution in [0, 0.1) is 5.92 Å². The Morgan fingerprint density at radius 1 is 1.41 bits per heavy atom. The molecule has 1 saturated carbocycles. The predicted octanol–water partition coefficient (Wildman–Crippen LogP) is 1.66. The van der Waals surface area contributed by atoms with Crippen LogP contribution >= 0.6 is 0 Å². The normalized spacial score (nSPS) is 15.6. The van der Waals surface area contributed by atoms with Crippen LogP contribution in [0.4, 0.5) is 0 Å². The van der Waals surface area contributed by atoms with Gasteiger partial charge < -0.3 is 4.74 Å². The summed E-state index contributed by atoms with van der Waals surface area (Å²) in [6, 6.07) is 5.92. The molecule has 1 aromatic carbocycles. The van der Waals surface area contributed by atoms with Crippen molar-refractivity contribution in [2.45, 2.75) is 17.7 Å². The summed E-state index contributed by atoms with van der Waals surface area (Å²) in [7, 11) is -3.29. The van der Waals surface area contributed by atoms with Gasteiger partial charge in [0.1, 0.15) is 0 Å². The van der Waals surface area contributed by atoms with E-state index in [4.69, 9.17) is 4.74 Å². The van der Waals surface area contributed by atoms with Crippen molar-refractivity contribution < 1.29 is 17.9 Å². The molecule has 4 nitrogen and oxygen atoms in total. The lowest BCUT2D eigenvalue weighted by atomic mass is 10.2. The Morgan fingerprint density at radius 3 is 2.71 bits per heavy atom. The monoisotopic (exact) mass is 254 g/mol. The first kappa shape index (κ1) is 12.1. The summed E-state index contributed by atoms with van der Waals surface area (Å²) in [5.74, 6) is 0.0411. The summed E-state index contributed by atoms with van der Waals surface area (Å²) in [4.78, 5) is 11.8. The second-order valence-corrected chi connectivity index (χ2v) is 6.36. The second kappa shape index (κ2) is 4.49. The van der Waals surface area contributed by atoms with Gasteiger partial charge in [0.15, 0.2) is 9.84 Å². The van der Waals surface area contributed by atoms with E-state index >= 15 is 0 Å². The summed E-state index contributed by atoms with van der Waals surface area (Å²) in [6.07, 6.45) is 3.33. The minimum absolute atomic E-state index is 0.137. The van der Waals surface area contributed by atoms with Crippen LogP contribution < -0.4 is 0 Å². The van der Waals surface area contributed by atoms with Crippen LogP contribution in [0.15, 0.2) is 29.2 Å². The number of carbonyl (C=O) groups is 1. The molecule has 92 valence electrons. The van der Waals surface area contributed by atoms with Crippen molar-refractivity contribution in [2.75, 3.05) is 12.9 Å². The molecular weight excluding hydrogens is 240 g/mol. The van der Waals surface area contributed by atoms with Crippen molar-refractivity contribution in [3.8, 4) is 0 Å². The molecule has 1 aliphatic carbocycles. The van der Waals surface area contributed by atoms with E-state index < -0.39 is 15.8 Å². The highest BCUT2D eigenvalue weighted by atomic mass is 32.2. The van der Waals surface area contributed by atoms with E-state index in [1.54, 1.807) is 12.1 Å². The Morgan fingerprint density at radius 2 is 2.12 bits per heavy atom. The molecule has 0 unspecified atom stereocenters. The number of ether oxygens (including phenoxy) is 1. The Hall–Kier alpha value is -1.36. The van der Waals surface area contributed by atoms with E-state index in [0.29, 0.717) is 12.5 Å². The Kier molecular flexibility index (Phi) is 3.19. The van der Waals surface area contributed by atoms with Gasteiger partial charge in [0, 0.05) is 6.26 Å². The lowest BCUT2D eigenvalue weighted by molar-refractivity contribution is 0.0486. The molecule has 0 radical (unpaired) electrons. The van der Waals surface area contributed by atoms with Gasteiger partial charge in [0.25, 0.3) is 0 Å². The van der Waals surface area contributed by atoms with E-state index in [0.717, 1.165) is 19.1 Å². The van der Waals surface area contributed by atoms with Crippen LogP contribution in [-0.4, -0.2) is 27.2 Å². The number of hydrogen-bond donors (Lipinski definition) is 0. The third-order valence-electron chi connectivity index (χ3n) is 2.64. The van der Waals surface area contributed by atoms with Gasteiger partial charge in [-0.25, -0.2) is 13.2 Å². The quantitative estimate of drug-likeness (QED) is 0.767. The van der Waals surface area contributed by atoms with Gasteiger partial charge in [0.2, 0.25) is 0 Å². The van der Waals surface area contributed by atoms with Gasteiger partial charge in [-0.15, -0.1) is 0 Å². The molecular formula is C12H14O4S. The first-order valence-electron chi connectivity index (χ1n) is 5.44. The average molecular weight is 254 g/mol. The summed E-state index contributed by atoms with van der Waals surface area (Å²) in [6.45, 7) is 0.432. The zero-order valence-corrected chi connectivity index (χ0v) is 10.4. The van der Waals surface area contributed by atoms with Crippen molar-refractivity contribution in [3.63, 3.8) is 0 Å². The van der Waals surface area contributed by atoms with Crippen LogP contribution in [-0.2, 0) is 14.6 Å². The molecule has 0 aliphatic heterocycles. The zero-order valence-electron chi connectivity index (χ0n) is 9.55. The van der Waals surface area contributed by atoms with Crippen LogP contribution in [0.25, 0.3) is 0 Å². The Labute approximate surface area is 101 Å². The molecule has 2 rings (SSSR count). The number of hydrogen-bond acceptors (Lipinski definition) is 4. The molecule has 1 aromatic rings. The van der Waals surface area contributed by atoms with Gasteiger partial charge >= 0.3 is 5.97 Å². The van der Waals surface area contributed by atoms with Gasteiger partial charge in [-0.05, 0) is 37.0 Å². The SMILES string of the molecule is CS(=O)(=O)c1cccc(C(=O)OCC2CC2)c1. The van der Waals surface area contributed by atoms with Crippen LogP contribution in [0.5, 0.6) is 0 Å². The van der Waals surface area contributed by atoms with Crippen molar-refractivity contribution in [1.82, 2.24) is 0 Å². The first-order chi connectivity index (χ1) is 7.97. The van der Waals surface area contributed by atoms with Crippen LogP contribution in [0.2, 0.25) is 0 Å². The van der Waals surface area contributed by atoms with E-state index in [1.165, 1.54) is 12.1 Å². The van der Waals surface area contributed by atoms with E-state index in [1.807, 2.05) is 0 Å². The second-order valence-electron chi connectivity index (χ2n) is 4.34. The van der Waals surface area contributed by atoms with Gasteiger partial charge in [-0.1, -0.05) is 6.07 Å². The fraction of sp³-hybridized carbons (Fsp3) is 0.417. The van der Waals surface area contributed by atoms with Gasteiger partial charge in [0.05, 0.1) is 17.1 Å². The molecule has 0 aromatic heterocycles. The summed E-state index contributed by atoms with van der Waals surface area (Å²) in [5.41, 5.74) is 0.286. The molecule has 5 heteroatoms. The standard InChI is InChI=1S/C12H14O4S/c1-17(14,15)11-4-2-3-10(7-11)12(13)16-8-9-5-6-9/h2-4,7,9H,5-6,8H2,1H3. The molecule has 1 fully saturated rings. The van der Waals surface area contributed by atoms with Crippen molar-refractivity contribution in [3.05, 3.63) is 29.8 Å². The number of esters is 1. The largest absolute Gasteiger partial charge is 0.462 e. The van der Waals surface area contributed by atoms with Crippen molar-refractivity contribution in [1.29, 1.82) is 0 Å². The highest BCUT2D eigenvalue weighted by molar-refractivity contribution is 7.90. The van der Waals surface area contributed by atoms with Gasteiger partial charge in [-0.3, -0.25) is 0 Å². The maximum atomic E-state index is 11.6. The molecule has 0 atom stereocenters. The molecule has 0 saturated heterocycles. The first-order valence-corrected chi connectivity index (χ1v) is 7.33. The topological polar surface area (TPSA) is 60.4 Å². The molecule has 0 N–H and O–H groups in total. The maximum absolute atomic E-state index is 11.6. The zero-order chi connectivity index (χ0) is 12.5. The number of rotatable bonds is 4. The van der Waals surface area contributed by atoms with Gasteiger partial charge in [-0.2, -0.15) is 0 Å². The fourth-order valence-electron chi connectivity index (χ4n) is 1.42. The van der Waals surface area contributed by atoms with E-state index in [9.17, 15) is 13.2 Å². The highest BCUT2D eigenvalue weighted by Crippen LogP contribution is 2.29. The Balaban J connectivity index is 2.11. The highest BCUT2D eigenvalue weighted by Gasteiger charge is 2.23. The fourth-order valence-corrected chi connectivity index (χ4v) is 2.08. The maximum Gasteiger partial charge on any atom is 0.338 e. The number of benzene rings is 1. The third kappa shape index (κ3) is 3.30. The summed E-state index contributed by atoms with van der Waals surface area (Å²) in [5, 5.41) is 0. The van der Waals surface area contributed by atoms with Crippen molar-refractivity contribution in [2.24, 2.45) is 5.92 Å². The Bertz CT molecular complexity index is 529. The predicted molar refractivity (Wildman–Crippen MR) is 62.6 cm³/mol. The molecule has 0 heterocycles. The van der Waals surface area contributed by atoms with E-state index in [-0.39, 0.29) is 10.5 Å². The minimum Gasteiger partial charge on any atom is -0.462 e. The third-order valence-corrected chi connectivity index (χ3v) is 3.76.